The van der Waals surface area contributed by atoms with Crippen molar-refractivity contribution in [2.75, 3.05) is 11.4 Å². The van der Waals surface area contributed by atoms with Crippen LogP contribution in [0.25, 0.3) is 0 Å². The van der Waals surface area contributed by atoms with Crippen LogP contribution in [0, 0.1) is 12.8 Å². The minimum absolute atomic E-state index is 0.346. The molecule has 0 spiro atoms. The lowest BCUT2D eigenvalue weighted by Gasteiger charge is -2.38. The number of aryl methyl sites for hydroxylation is 1. The summed E-state index contributed by atoms with van der Waals surface area (Å²) in [6, 6.07) is 2.11. The summed E-state index contributed by atoms with van der Waals surface area (Å²) in [5.41, 5.74) is 1.12. The number of rotatable bonds is 2. The molecule has 2 rings (SSSR count). The molecule has 2 atom stereocenters. The fourth-order valence-corrected chi connectivity index (χ4v) is 2.61. The van der Waals surface area contributed by atoms with E-state index in [9.17, 15) is 9.90 Å². The number of pyridine rings is 1. The summed E-state index contributed by atoms with van der Waals surface area (Å²) in [6.45, 7) is 7.06. The Hall–Kier alpha value is -1.58. The van der Waals surface area contributed by atoms with E-state index in [1.54, 1.807) is 12.3 Å². The van der Waals surface area contributed by atoms with Crippen LogP contribution in [0.3, 0.4) is 0 Å². The molecular formula is C14H20N2O2. The molecule has 0 aliphatic carbocycles. The maximum atomic E-state index is 11.4. The van der Waals surface area contributed by atoms with Crippen LogP contribution in [0.15, 0.2) is 12.3 Å². The molecular weight excluding hydrogens is 228 g/mol. The van der Waals surface area contributed by atoms with E-state index in [-0.39, 0.29) is 0 Å². The standard InChI is InChI=1S/C14H20N2O2/c1-9-4-5-11(3)16(8-9)13-12(14(17)18)10(2)6-7-15-13/h6-7,9,11H,4-5,8H2,1-3H3,(H,17,18). The van der Waals surface area contributed by atoms with Crippen molar-refractivity contribution in [3.05, 3.63) is 23.4 Å². The molecule has 98 valence electrons. The van der Waals surface area contributed by atoms with E-state index in [0.717, 1.165) is 18.5 Å². The van der Waals surface area contributed by atoms with Crippen LogP contribution < -0.4 is 4.90 Å². The summed E-state index contributed by atoms with van der Waals surface area (Å²) < 4.78 is 0. The maximum absolute atomic E-state index is 11.4. The van der Waals surface area contributed by atoms with Gasteiger partial charge in [-0.15, -0.1) is 0 Å². The van der Waals surface area contributed by atoms with Gasteiger partial charge < -0.3 is 10.0 Å². The molecule has 1 saturated heterocycles. The Balaban J connectivity index is 2.43. The quantitative estimate of drug-likeness (QED) is 0.874. The van der Waals surface area contributed by atoms with Crippen LogP contribution in [0.2, 0.25) is 0 Å². The van der Waals surface area contributed by atoms with Gasteiger partial charge in [0.25, 0.3) is 0 Å². The Kier molecular flexibility index (Phi) is 3.55. The summed E-state index contributed by atoms with van der Waals surface area (Å²) >= 11 is 0. The van der Waals surface area contributed by atoms with E-state index in [1.165, 1.54) is 6.42 Å². The fourth-order valence-electron chi connectivity index (χ4n) is 2.61. The molecule has 1 fully saturated rings. The lowest BCUT2D eigenvalue weighted by molar-refractivity contribution is 0.0696. The van der Waals surface area contributed by atoms with Crippen molar-refractivity contribution >= 4 is 11.8 Å². The number of carboxylic acid groups (broad SMARTS) is 1. The summed E-state index contributed by atoms with van der Waals surface area (Å²) in [6.07, 6.45) is 3.99. The van der Waals surface area contributed by atoms with Gasteiger partial charge in [0.2, 0.25) is 0 Å². The molecule has 0 radical (unpaired) electrons. The van der Waals surface area contributed by atoms with Crippen LogP contribution in [-0.4, -0.2) is 28.6 Å². The highest BCUT2D eigenvalue weighted by atomic mass is 16.4. The zero-order valence-corrected chi connectivity index (χ0v) is 11.2. The first-order chi connectivity index (χ1) is 8.50. The van der Waals surface area contributed by atoms with E-state index in [4.69, 9.17) is 0 Å². The number of carbonyl (C=O) groups is 1. The van der Waals surface area contributed by atoms with Crippen molar-refractivity contribution in [2.24, 2.45) is 5.92 Å². The highest BCUT2D eigenvalue weighted by molar-refractivity contribution is 5.95. The van der Waals surface area contributed by atoms with Gasteiger partial charge in [0.15, 0.2) is 0 Å². The third-order valence-corrected chi connectivity index (χ3v) is 3.74. The van der Waals surface area contributed by atoms with E-state index in [0.29, 0.717) is 23.3 Å². The summed E-state index contributed by atoms with van der Waals surface area (Å²) in [5, 5.41) is 9.36. The SMILES string of the molecule is Cc1ccnc(N2CC(C)CCC2C)c1C(=O)O. The predicted octanol–water partition coefficient (Wildman–Crippen LogP) is 2.71. The Morgan fingerprint density at radius 2 is 2.17 bits per heavy atom. The smallest absolute Gasteiger partial charge is 0.339 e. The van der Waals surface area contributed by atoms with Gasteiger partial charge in [0.1, 0.15) is 11.4 Å². The molecule has 4 heteroatoms. The van der Waals surface area contributed by atoms with Crippen LogP contribution in [0.5, 0.6) is 0 Å². The average molecular weight is 248 g/mol. The molecule has 1 aromatic heterocycles. The first-order valence-corrected chi connectivity index (χ1v) is 6.46. The monoisotopic (exact) mass is 248 g/mol. The number of aromatic carboxylic acids is 1. The van der Waals surface area contributed by atoms with Gasteiger partial charge in [-0.2, -0.15) is 0 Å². The lowest BCUT2D eigenvalue weighted by Crippen LogP contribution is -2.42. The first-order valence-electron chi connectivity index (χ1n) is 6.46. The molecule has 2 unspecified atom stereocenters. The zero-order valence-electron chi connectivity index (χ0n) is 11.2. The number of piperidine rings is 1. The molecule has 18 heavy (non-hydrogen) atoms. The van der Waals surface area contributed by atoms with Crippen molar-refractivity contribution in [3.8, 4) is 0 Å². The topological polar surface area (TPSA) is 53.4 Å². The molecule has 4 nitrogen and oxygen atoms in total. The second-order valence-corrected chi connectivity index (χ2v) is 5.32. The summed E-state index contributed by atoms with van der Waals surface area (Å²) in [4.78, 5) is 17.9. The number of carboxylic acids is 1. The Bertz CT molecular complexity index is 459. The normalized spacial score (nSPS) is 24.1. The highest BCUT2D eigenvalue weighted by Crippen LogP contribution is 2.29. The molecule has 0 bridgehead atoms. The van der Waals surface area contributed by atoms with E-state index >= 15 is 0 Å². The Morgan fingerprint density at radius 3 is 2.83 bits per heavy atom. The zero-order chi connectivity index (χ0) is 13.3. The van der Waals surface area contributed by atoms with E-state index < -0.39 is 5.97 Å². The number of aromatic nitrogens is 1. The average Bonchev–Trinajstić information content (AvgIpc) is 2.31. The molecule has 0 aromatic carbocycles. The highest BCUT2D eigenvalue weighted by Gasteiger charge is 2.28. The Labute approximate surface area is 108 Å². The van der Waals surface area contributed by atoms with E-state index in [1.807, 2.05) is 6.92 Å². The van der Waals surface area contributed by atoms with Gasteiger partial charge in [-0.05, 0) is 44.2 Å². The Morgan fingerprint density at radius 1 is 1.44 bits per heavy atom. The van der Waals surface area contributed by atoms with Crippen molar-refractivity contribution in [3.63, 3.8) is 0 Å². The van der Waals surface area contributed by atoms with Crippen molar-refractivity contribution in [1.82, 2.24) is 4.98 Å². The second-order valence-electron chi connectivity index (χ2n) is 5.32. The van der Waals surface area contributed by atoms with Crippen molar-refractivity contribution < 1.29 is 9.90 Å². The van der Waals surface area contributed by atoms with Gasteiger partial charge >= 0.3 is 5.97 Å². The third kappa shape index (κ3) is 2.33. The summed E-state index contributed by atoms with van der Waals surface area (Å²) in [7, 11) is 0. The molecule has 0 amide bonds. The van der Waals surface area contributed by atoms with Gasteiger partial charge in [-0.3, -0.25) is 0 Å². The molecule has 1 aromatic rings. The van der Waals surface area contributed by atoms with Crippen molar-refractivity contribution in [2.45, 2.75) is 39.7 Å². The van der Waals surface area contributed by atoms with Crippen LogP contribution in [-0.2, 0) is 0 Å². The predicted molar refractivity (Wildman–Crippen MR) is 71.1 cm³/mol. The van der Waals surface area contributed by atoms with E-state index in [2.05, 4.69) is 23.7 Å². The number of anilines is 1. The lowest BCUT2D eigenvalue weighted by atomic mass is 9.94. The number of nitrogens with zero attached hydrogens (tertiary/aromatic N) is 2. The van der Waals surface area contributed by atoms with Crippen LogP contribution in [0.4, 0.5) is 5.82 Å². The minimum atomic E-state index is -0.888. The second kappa shape index (κ2) is 4.96. The maximum Gasteiger partial charge on any atom is 0.339 e. The summed E-state index contributed by atoms with van der Waals surface area (Å²) in [5.74, 6) is 0.327. The number of hydrogen-bond donors (Lipinski definition) is 1. The molecule has 1 aliphatic rings. The molecule has 2 heterocycles. The van der Waals surface area contributed by atoms with Gasteiger partial charge in [-0.25, -0.2) is 9.78 Å². The van der Waals surface area contributed by atoms with Crippen LogP contribution >= 0.6 is 0 Å². The molecule has 1 N–H and O–H groups in total. The van der Waals surface area contributed by atoms with Gasteiger partial charge in [0.05, 0.1) is 0 Å². The molecule has 1 aliphatic heterocycles. The van der Waals surface area contributed by atoms with Crippen LogP contribution in [0.1, 0.15) is 42.6 Å². The fraction of sp³-hybridized carbons (Fsp3) is 0.571. The third-order valence-electron chi connectivity index (χ3n) is 3.74. The number of hydrogen-bond acceptors (Lipinski definition) is 3. The first kappa shape index (κ1) is 12.9. The van der Waals surface area contributed by atoms with Gasteiger partial charge in [0, 0.05) is 18.8 Å². The van der Waals surface area contributed by atoms with Crippen molar-refractivity contribution in [1.29, 1.82) is 0 Å². The van der Waals surface area contributed by atoms with Gasteiger partial charge in [-0.1, -0.05) is 6.92 Å². The molecule has 0 saturated carbocycles. The largest absolute Gasteiger partial charge is 0.478 e. The minimum Gasteiger partial charge on any atom is -0.478 e.